The fourth-order valence-electron chi connectivity index (χ4n) is 8.57. The summed E-state index contributed by atoms with van der Waals surface area (Å²) < 4.78 is 13.6. The highest BCUT2D eigenvalue weighted by atomic mass is 32.1. The molecule has 0 atom stereocenters. The molecule has 8 rings (SSSR count). The molecule has 2 aliphatic carbocycles. The molecular formula is C47H48O2S. The molecule has 0 radical (unpaired) electrons. The molecule has 254 valence electrons. The van der Waals surface area contributed by atoms with Gasteiger partial charge in [-0.25, -0.2) is 0 Å². The minimum atomic E-state index is -0.622. The number of hydrogen-bond donors (Lipinski definition) is 1. The summed E-state index contributed by atoms with van der Waals surface area (Å²) in [6.45, 7) is 8.46. The van der Waals surface area contributed by atoms with E-state index >= 15 is 0 Å². The van der Waals surface area contributed by atoms with Gasteiger partial charge in [0.2, 0.25) is 0 Å². The average molecular weight is 677 g/mol. The van der Waals surface area contributed by atoms with E-state index in [0.29, 0.717) is 0 Å². The van der Waals surface area contributed by atoms with E-state index in [4.69, 9.17) is 22.1 Å². The van der Waals surface area contributed by atoms with Gasteiger partial charge >= 0.3 is 0 Å². The molecule has 0 bridgehead atoms. The lowest BCUT2D eigenvalue weighted by atomic mass is 9.80. The van der Waals surface area contributed by atoms with Crippen LogP contribution in [0.2, 0.25) is 0 Å². The van der Waals surface area contributed by atoms with E-state index < -0.39 is 10.5 Å². The van der Waals surface area contributed by atoms with Gasteiger partial charge in [0.15, 0.2) is 0 Å². The summed E-state index contributed by atoms with van der Waals surface area (Å²) in [5.74, 6) is 1.87. The van der Waals surface area contributed by atoms with E-state index in [0.717, 1.165) is 42.7 Å². The van der Waals surface area contributed by atoms with Gasteiger partial charge < -0.3 is 9.47 Å². The van der Waals surface area contributed by atoms with Crippen LogP contribution < -0.4 is 9.47 Å². The van der Waals surface area contributed by atoms with Gasteiger partial charge in [0.1, 0.15) is 22.0 Å². The SMILES string of the molecule is CC(C)(S)Oc1ccc2cc(CC(C)(C)Oc3ccc4c(c3-c3cccc5c3CCCC5)CCCC4)ccc2c1-c1cccc2ccccc12. The largest absolute Gasteiger partial charge is 0.487 e. The Morgan fingerprint density at radius 2 is 1.20 bits per heavy atom. The fourth-order valence-corrected chi connectivity index (χ4v) is 8.67. The predicted octanol–water partition coefficient (Wildman–Crippen LogP) is 12.5. The van der Waals surface area contributed by atoms with Gasteiger partial charge in [-0.3, -0.25) is 0 Å². The van der Waals surface area contributed by atoms with E-state index in [1.54, 1.807) is 5.56 Å². The summed E-state index contributed by atoms with van der Waals surface area (Å²) in [6, 6.07) is 37.9. The molecule has 50 heavy (non-hydrogen) atoms. The monoisotopic (exact) mass is 676 g/mol. The van der Waals surface area contributed by atoms with Crippen LogP contribution in [0, 0.1) is 0 Å². The van der Waals surface area contributed by atoms with Crippen molar-refractivity contribution in [2.24, 2.45) is 0 Å². The zero-order chi connectivity index (χ0) is 34.5. The quantitative estimate of drug-likeness (QED) is 0.128. The lowest BCUT2D eigenvalue weighted by Crippen LogP contribution is -2.31. The number of fused-ring (bicyclic) bond motifs is 4. The Labute approximate surface area is 303 Å². The van der Waals surface area contributed by atoms with Crippen LogP contribution in [-0.2, 0) is 32.1 Å². The molecule has 6 aromatic rings. The first-order chi connectivity index (χ1) is 24.1. The van der Waals surface area contributed by atoms with Gasteiger partial charge in [0.25, 0.3) is 0 Å². The van der Waals surface area contributed by atoms with Crippen LogP contribution in [0.3, 0.4) is 0 Å². The van der Waals surface area contributed by atoms with Crippen molar-refractivity contribution in [3.63, 3.8) is 0 Å². The van der Waals surface area contributed by atoms with Crippen molar-refractivity contribution < 1.29 is 9.47 Å². The molecule has 2 aliphatic rings. The van der Waals surface area contributed by atoms with Crippen molar-refractivity contribution >= 4 is 34.2 Å². The topological polar surface area (TPSA) is 18.5 Å². The van der Waals surface area contributed by atoms with Gasteiger partial charge in [-0.15, -0.1) is 12.6 Å². The van der Waals surface area contributed by atoms with Crippen LogP contribution in [-0.4, -0.2) is 10.5 Å². The lowest BCUT2D eigenvalue weighted by Gasteiger charge is -2.31. The zero-order valence-corrected chi connectivity index (χ0v) is 30.8. The van der Waals surface area contributed by atoms with Crippen molar-refractivity contribution in [1.29, 1.82) is 0 Å². The molecule has 0 aromatic heterocycles. The van der Waals surface area contributed by atoms with Gasteiger partial charge in [-0.05, 0) is 152 Å². The fraction of sp³-hybridized carbons (Fsp3) is 0.319. The van der Waals surface area contributed by atoms with Crippen LogP contribution in [0.1, 0.15) is 81.2 Å². The molecule has 0 heterocycles. The lowest BCUT2D eigenvalue weighted by molar-refractivity contribution is 0.110. The highest BCUT2D eigenvalue weighted by Gasteiger charge is 2.28. The van der Waals surface area contributed by atoms with E-state index in [1.807, 2.05) is 13.8 Å². The maximum absolute atomic E-state index is 7.15. The average Bonchev–Trinajstić information content (AvgIpc) is 3.10. The second-order valence-electron chi connectivity index (χ2n) is 15.5. The van der Waals surface area contributed by atoms with Crippen LogP contribution in [0.25, 0.3) is 43.8 Å². The van der Waals surface area contributed by atoms with Crippen LogP contribution in [0.15, 0.2) is 103 Å². The van der Waals surface area contributed by atoms with Gasteiger partial charge in [0, 0.05) is 17.5 Å². The highest BCUT2D eigenvalue weighted by Crippen LogP contribution is 2.45. The first kappa shape index (κ1) is 33.0. The Balaban J connectivity index is 1.17. The number of benzene rings is 6. The standard InChI is InChI=1S/C47H48O2S/c1-46(2,48-42-27-24-34-15-7-10-20-38(34)44(42)40-21-11-16-32-13-5-8-18-36(32)40)30-31-23-26-39-35(29-31)25-28-43(49-47(3,4)50)45(39)41-22-12-17-33-14-6-9-19-37(33)41/h6,9,11-12,14,16-17,19,21-29,50H,5,7-8,10,13,15,18,20,30H2,1-4H3. The number of rotatable bonds is 8. The smallest absolute Gasteiger partial charge is 0.146 e. The summed E-state index contributed by atoms with van der Waals surface area (Å²) in [5.41, 5.74) is 12.0. The third-order valence-corrected chi connectivity index (χ3v) is 10.7. The third-order valence-electron chi connectivity index (χ3n) is 10.6. The Kier molecular flexibility index (Phi) is 8.68. The summed E-state index contributed by atoms with van der Waals surface area (Å²) >= 11 is 4.74. The maximum Gasteiger partial charge on any atom is 0.146 e. The minimum Gasteiger partial charge on any atom is -0.487 e. The molecule has 0 spiro atoms. The van der Waals surface area contributed by atoms with E-state index in [2.05, 4.69) is 117 Å². The summed E-state index contributed by atoms with van der Waals surface area (Å²) in [7, 11) is 0. The molecule has 0 N–H and O–H groups in total. The van der Waals surface area contributed by atoms with E-state index in [-0.39, 0.29) is 0 Å². The number of thiol groups is 1. The summed E-state index contributed by atoms with van der Waals surface area (Å²) in [4.78, 5) is -0.622. The van der Waals surface area contributed by atoms with Gasteiger partial charge in [-0.2, -0.15) is 0 Å². The molecule has 0 saturated carbocycles. The minimum absolute atomic E-state index is 0.419. The van der Waals surface area contributed by atoms with E-state index in [9.17, 15) is 0 Å². The Hall–Kier alpha value is -4.21. The maximum atomic E-state index is 7.15. The van der Waals surface area contributed by atoms with Crippen molar-refractivity contribution in [2.75, 3.05) is 0 Å². The van der Waals surface area contributed by atoms with Crippen LogP contribution >= 0.6 is 12.6 Å². The van der Waals surface area contributed by atoms with Crippen LogP contribution in [0.5, 0.6) is 11.5 Å². The molecule has 0 fully saturated rings. The highest BCUT2D eigenvalue weighted by molar-refractivity contribution is 7.81. The first-order valence-electron chi connectivity index (χ1n) is 18.5. The van der Waals surface area contributed by atoms with Crippen molar-refractivity contribution in [2.45, 2.75) is 96.0 Å². The molecular weight excluding hydrogens is 629 g/mol. The molecule has 3 heteroatoms. The van der Waals surface area contributed by atoms with Gasteiger partial charge in [0.05, 0.1) is 0 Å². The van der Waals surface area contributed by atoms with Crippen molar-refractivity contribution in [3.8, 4) is 33.8 Å². The Bertz CT molecular complexity index is 2210. The number of hydrogen-bond acceptors (Lipinski definition) is 3. The molecule has 2 nitrogen and oxygen atoms in total. The van der Waals surface area contributed by atoms with Crippen molar-refractivity contribution in [1.82, 2.24) is 0 Å². The first-order valence-corrected chi connectivity index (χ1v) is 19.0. The third kappa shape index (κ3) is 6.53. The Morgan fingerprint density at radius 1 is 0.540 bits per heavy atom. The normalized spacial score (nSPS) is 14.7. The Morgan fingerprint density at radius 3 is 2.02 bits per heavy atom. The zero-order valence-electron chi connectivity index (χ0n) is 29.9. The molecule has 0 saturated heterocycles. The second-order valence-corrected chi connectivity index (χ2v) is 16.6. The van der Waals surface area contributed by atoms with Crippen LogP contribution in [0.4, 0.5) is 0 Å². The van der Waals surface area contributed by atoms with Gasteiger partial charge in [-0.1, -0.05) is 91.0 Å². The molecule has 0 amide bonds. The predicted molar refractivity (Wildman–Crippen MR) is 214 cm³/mol. The molecule has 0 unspecified atom stereocenters. The molecule has 6 aromatic carbocycles. The van der Waals surface area contributed by atoms with Crippen molar-refractivity contribution in [3.05, 3.63) is 131 Å². The molecule has 0 aliphatic heterocycles. The second kappa shape index (κ2) is 13.2. The summed E-state index contributed by atoms with van der Waals surface area (Å²) in [5, 5.41) is 4.79. The number of ether oxygens (including phenoxy) is 2. The van der Waals surface area contributed by atoms with E-state index in [1.165, 1.54) is 92.6 Å². The summed E-state index contributed by atoms with van der Waals surface area (Å²) in [6.07, 6.45) is 10.5. The number of aryl methyl sites for hydroxylation is 2.